The number of anilines is 1. The van der Waals surface area contributed by atoms with Gasteiger partial charge < -0.3 is 24.7 Å². The number of nitrogens with zero attached hydrogens (tertiary/aromatic N) is 5. The number of hydrogen-bond acceptors (Lipinski definition) is 8. The molecule has 14 heteroatoms. The lowest BCUT2D eigenvalue weighted by molar-refractivity contribution is -0.140. The number of halogens is 5. The van der Waals surface area contributed by atoms with Gasteiger partial charge in [0.15, 0.2) is 11.5 Å². The largest absolute Gasteiger partial charge is 0.494 e. The van der Waals surface area contributed by atoms with Crippen LogP contribution < -0.4 is 15.4 Å². The van der Waals surface area contributed by atoms with Gasteiger partial charge in [0.1, 0.15) is 17.0 Å². The highest BCUT2D eigenvalue weighted by Gasteiger charge is 2.34. The van der Waals surface area contributed by atoms with Crippen molar-refractivity contribution in [2.45, 2.75) is 12.7 Å². The standard InChI is InChI=1S/C25H21Cl2F3N6O3/c1-38-17-4-2-14(13-3-5-19(25(28,29)30)33-20(13)17)23-34-21(18(10-31)39-23)24(37)36-8-6-35(7-9-36)22-15(26)11-32-12-16(22)27/h2-5,11-12H,6-10,31H2,1H3. The molecule has 0 saturated carbocycles. The minimum Gasteiger partial charge on any atom is -0.494 e. The number of nitrogens with two attached hydrogens (primary N) is 1. The van der Waals surface area contributed by atoms with Gasteiger partial charge in [-0.3, -0.25) is 9.78 Å². The molecule has 0 atom stereocenters. The van der Waals surface area contributed by atoms with Gasteiger partial charge in [-0.2, -0.15) is 13.2 Å². The molecule has 3 aromatic heterocycles. The Morgan fingerprint density at radius 1 is 1.08 bits per heavy atom. The van der Waals surface area contributed by atoms with E-state index in [1.54, 1.807) is 11.0 Å². The first-order valence-corrected chi connectivity index (χ1v) is 12.5. The first-order chi connectivity index (χ1) is 18.6. The minimum atomic E-state index is -4.64. The van der Waals surface area contributed by atoms with Crippen molar-refractivity contribution in [1.29, 1.82) is 0 Å². The molecule has 0 spiro atoms. The summed E-state index contributed by atoms with van der Waals surface area (Å²) in [4.78, 5) is 29.2. The lowest BCUT2D eigenvalue weighted by Crippen LogP contribution is -2.49. The Morgan fingerprint density at radius 3 is 2.38 bits per heavy atom. The molecule has 4 aromatic rings. The van der Waals surface area contributed by atoms with Crippen molar-refractivity contribution in [3.63, 3.8) is 0 Å². The summed E-state index contributed by atoms with van der Waals surface area (Å²) in [5.41, 5.74) is 5.80. The second-order valence-electron chi connectivity index (χ2n) is 8.63. The number of aromatic nitrogens is 3. The summed E-state index contributed by atoms with van der Waals surface area (Å²) in [5.74, 6) is -0.0511. The number of carbonyl (C=O) groups is 1. The van der Waals surface area contributed by atoms with Crippen LogP contribution in [0, 0.1) is 0 Å². The molecule has 0 aliphatic carbocycles. The zero-order chi connectivity index (χ0) is 27.9. The van der Waals surface area contributed by atoms with Crippen molar-refractivity contribution in [1.82, 2.24) is 19.9 Å². The molecule has 1 aromatic carbocycles. The highest BCUT2D eigenvalue weighted by atomic mass is 35.5. The molecule has 1 fully saturated rings. The number of rotatable bonds is 5. The SMILES string of the molecule is COc1ccc(-c2nc(C(=O)N3CCN(c4c(Cl)cncc4Cl)CC3)c(CN)o2)c2ccc(C(F)(F)F)nc12. The predicted octanol–water partition coefficient (Wildman–Crippen LogP) is 5.04. The van der Waals surface area contributed by atoms with Gasteiger partial charge in [-0.1, -0.05) is 23.2 Å². The maximum absolute atomic E-state index is 13.4. The fourth-order valence-corrected chi connectivity index (χ4v) is 5.07. The maximum Gasteiger partial charge on any atom is 0.433 e. The van der Waals surface area contributed by atoms with Crippen LogP contribution in [-0.4, -0.2) is 59.0 Å². The van der Waals surface area contributed by atoms with Crippen LogP contribution in [0.2, 0.25) is 10.0 Å². The molecule has 4 heterocycles. The third-order valence-corrected chi connectivity index (χ3v) is 6.91. The van der Waals surface area contributed by atoms with Gasteiger partial charge in [-0.25, -0.2) is 9.97 Å². The normalized spacial score (nSPS) is 14.2. The van der Waals surface area contributed by atoms with Crippen molar-refractivity contribution in [3.05, 3.63) is 63.9 Å². The number of carbonyl (C=O) groups excluding carboxylic acids is 1. The van der Waals surface area contributed by atoms with E-state index in [1.807, 2.05) is 4.90 Å². The second-order valence-corrected chi connectivity index (χ2v) is 9.45. The fourth-order valence-electron chi connectivity index (χ4n) is 4.46. The van der Waals surface area contributed by atoms with Crippen LogP contribution in [0.3, 0.4) is 0 Å². The summed E-state index contributed by atoms with van der Waals surface area (Å²) in [6, 6.07) is 5.18. The van der Waals surface area contributed by atoms with Gasteiger partial charge in [-0.05, 0) is 24.3 Å². The number of fused-ring (bicyclic) bond motifs is 1. The summed E-state index contributed by atoms with van der Waals surface area (Å²) >= 11 is 12.6. The third-order valence-electron chi connectivity index (χ3n) is 6.36. The second kappa shape index (κ2) is 10.5. The Labute approximate surface area is 230 Å². The highest BCUT2D eigenvalue weighted by molar-refractivity contribution is 6.38. The average Bonchev–Trinajstić information content (AvgIpc) is 3.36. The van der Waals surface area contributed by atoms with Gasteiger partial charge in [0.05, 0.1) is 29.4 Å². The number of benzene rings is 1. The zero-order valence-electron chi connectivity index (χ0n) is 20.4. The number of methoxy groups -OCH3 is 1. The van der Waals surface area contributed by atoms with Crippen molar-refractivity contribution in [2.75, 3.05) is 38.2 Å². The molecular weight excluding hydrogens is 560 g/mol. The number of piperazine rings is 1. The zero-order valence-corrected chi connectivity index (χ0v) is 21.9. The van der Waals surface area contributed by atoms with E-state index in [2.05, 4.69) is 15.0 Å². The summed E-state index contributed by atoms with van der Waals surface area (Å²) in [7, 11) is 1.33. The van der Waals surface area contributed by atoms with Crippen LogP contribution in [0.15, 0.2) is 41.1 Å². The van der Waals surface area contributed by atoms with Gasteiger partial charge >= 0.3 is 6.18 Å². The first-order valence-electron chi connectivity index (χ1n) is 11.7. The van der Waals surface area contributed by atoms with Crippen LogP contribution in [-0.2, 0) is 12.7 Å². The lowest BCUT2D eigenvalue weighted by Gasteiger charge is -2.36. The van der Waals surface area contributed by atoms with E-state index < -0.39 is 11.9 Å². The molecule has 5 rings (SSSR count). The molecule has 0 unspecified atom stereocenters. The number of oxazole rings is 1. The van der Waals surface area contributed by atoms with Crippen LogP contribution in [0.4, 0.5) is 18.9 Å². The average molecular weight is 581 g/mol. The molecule has 204 valence electrons. The number of alkyl halides is 3. The summed E-state index contributed by atoms with van der Waals surface area (Å²) in [6.07, 6.45) is -1.62. The van der Waals surface area contributed by atoms with Gasteiger partial charge in [0, 0.05) is 49.5 Å². The van der Waals surface area contributed by atoms with Crippen molar-refractivity contribution < 1.29 is 27.1 Å². The maximum atomic E-state index is 13.4. The van der Waals surface area contributed by atoms with E-state index in [1.165, 1.54) is 31.6 Å². The molecule has 2 N–H and O–H groups in total. The van der Waals surface area contributed by atoms with E-state index in [-0.39, 0.29) is 41.1 Å². The summed E-state index contributed by atoms with van der Waals surface area (Å²) in [5, 5.41) is 1.14. The Bertz CT molecular complexity index is 1530. The van der Waals surface area contributed by atoms with Crippen LogP contribution in [0.25, 0.3) is 22.4 Å². The molecule has 0 bridgehead atoms. The van der Waals surface area contributed by atoms with Gasteiger partial charge in [0.2, 0.25) is 5.89 Å². The molecule has 39 heavy (non-hydrogen) atoms. The Kier molecular flexibility index (Phi) is 7.27. The van der Waals surface area contributed by atoms with Crippen LogP contribution in [0.1, 0.15) is 21.9 Å². The molecule has 9 nitrogen and oxygen atoms in total. The van der Waals surface area contributed by atoms with Crippen LogP contribution >= 0.6 is 23.2 Å². The summed E-state index contributed by atoms with van der Waals surface area (Å²) in [6.45, 7) is 1.54. The van der Waals surface area contributed by atoms with Crippen molar-refractivity contribution >= 4 is 45.7 Å². The molecule has 1 saturated heterocycles. The third kappa shape index (κ3) is 5.07. The number of amides is 1. The lowest BCUT2D eigenvalue weighted by atomic mass is 10.1. The number of pyridine rings is 2. The monoisotopic (exact) mass is 580 g/mol. The highest BCUT2D eigenvalue weighted by Crippen LogP contribution is 2.37. The van der Waals surface area contributed by atoms with Gasteiger partial charge in [0.25, 0.3) is 5.91 Å². The van der Waals surface area contributed by atoms with Crippen molar-refractivity contribution in [2.24, 2.45) is 5.73 Å². The van der Waals surface area contributed by atoms with Crippen molar-refractivity contribution in [3.8, 4) is 17.2 Å². The van der Waals surface area contributed by atoms with E-state index in [4.69, 9.17) is 38.1 Å². The fraction of sp³-hybridized carbons (Fsp3) is 0.280. The smallest absolute Gasteiger partial charge is 0.433 e. The molecule has 1 aliphatic rings. The topological polar surface area (TPSA) is 111 Å². The van der Waals surface area contributed by atoms with E-state index in [0.29, 0.717) is 52.9 Å². The molecular formula is C25H21Cl2F3N6O3. The Morgan fingerprint density at radius 2 is 1.77 bits per heavy atom. The Hall–Kier alpha value is -3.61. The van der Waals surface area contributed by atoms with E-state index in [9.17, 15) is 18.0 Å². The van der Waals surface area contributed by atoms with E-state index >= 15 is 0 Å². The minimum absolute atomic E-state index is 0.0187. The summed E-state index contributed by atoms with van der Waals surface area (Å²) < 4.78 is 50.9. The van der Waals surface area contributed by atoms with Gasteiger partial charge in [-0.15, -0.1) is 0 Å². The molecule has 0 radical (unpaired) electrons. The Balaban J connectivity index is 1.44. The first kappa shape index (κ1) is 27.0. The quantitative estimate of drug-likeness (QED) is 0.349. The van der Waals surface area contributed by atoms with E-state index in [0.717, 1.165) is 6.07 Å². The molecule has 1 aliphatic heterocycles. The number of ether oxygens (including phenoxy) is 1. The van der Waals surface area contributed by atoms with Crippen LogP contribution in [0.5, 0.6) is 5.75 Å². The molecule has 1 amide bonds. The number of hydrogen-bond donors (Lipinski definition) is 1. The predicted molar refractivity (Wildman–Crippen MR) is 139 cm³/mol.